The van der Waals surface area contributed by atoms with Crippen molar-refractivity contribution in [1.82, 2.24) is 24.4 Å². The zero-order chi connectivity index (χ0) is 17.8. The minimum Gasteiger partial charge on any atom is -0.497 e. The van der Waals surface area contributed by atoms with Gasteiger partial charge >= 0.3 is 0 Å². The highest BCUT2D eigenvalue weighted by atomic mass is 32.2. The van der Waals surface area contributed by atoms with Crippen LogP contribution in [-0.4, -0.2) is 38.6 Å². The maximum atomic E-state index is 5.33. The summed E-state index contributed by atoms with van der Waals surface area (Å²) >= 11 is 2.97. The highest BCUT2D eigenvalue weighted by Gasteiger charge is 2.17. The summed E-state index contributed by atoms with van der Waals surface area (Å²) in [5, 5.41) is 13.6. The highest BCUT2D eigenvalue weighted by Crippen LogP contribution is 2.31. The Balaban J connectivity index is 1.82. The Morgan fingerprint density at radius 2 is 1.80 bits per heavy atom. The number of rotatable bonds is 7. The van der Waals surface area contributed by atoms with Crippen LogP contribution in [0.4, 0.5) is 0 Å². The van der Waals surface area contributed by atoms with Gasteiger partial charge in [0.1, 0.15) is 16.4 Å². The predicted octanol–water partition coefficient (Wildman–Crippen LogP) is 3.43. The van der Waals surface area contributed by atoms with Crippen molar-refractivity contribution in [2.45, 2.75) is 31.3 Å². The average Bonchev–Trinajstić information content (AvgIpc) is 3.24. The molecule has 0 saturated heterocycles. The van der Waals surface area contributed by atoms with Crippen LogP contribution in [0.5, 0.6) is 11.5 Å². The van der Waals surface area contributed by atoms with Crippen molar-refractivity contribution in [3.8, 4) is 22.2 Å². The van der Waals surface area contributed by atoms with E-state index in [4.69, 9.17) is 9.47 Å². The van der Waals surface area contributed by atoms with Gasteiger partial charge in [0, 0.05) is 18.4 Å². The maximum Gasteiger partial charge on any atom is 0.191 e. The fraction of sp³-hybridized carbons (Fsp3) is 0.375. The van der Waals surface area contributed by atoms with E-state index < -0.39 is 0 Å². The summed E-state index contributed by atoms with van der Waals surface area (Å²) in [5.41, 5.74) is 1.98. The molecular weight excluding hydrogens is 358 g/mol. The molecule has 0 saturated carbocycles. The number of benzene rings is 1. The Kier molecular flexibility index (Phi) is 5.54. The van der Waals surface area contributed by atoms with Gasteiger partial charge in [0.25, 0.3) is 0 Å². The predicted molar refractivity (Wildman–Crippen MR) is 98.4 cm³/mol. The van der Waals surface area contributed by atoms with Crippen molar-refractivity contribution in [2.75, 3.05) is 14.2 Å². The lowest BCUT2D eigenvalue weighted by Crippen LogP contribution is -2.00. The van der Waals surface area contributed by atoms with Crippen LogP contribution in [0.3, 0.4) is 0 Å². The monoisotopic (exact) mass is 377 g/mol. The first-order valence-electron chi connectivity index (χ1n) is 7.73. The van der Waals surface area contributed by atoms with Gasteiger partial charge in [-0.25, -0.2) is 0 Å². The van der Waals surface area contributed by atoms with Crippen LogP contribution in [0.15, 0.2) is 23.4 Å². The molecule has 7 nitrogen and oxygen atoms in total. The number of hydrogen-bond acceptors (Lipinski definition) is 8. The van der Waals surface area contributed by atoms with Crippen molar-refractivity contribution in [2.24, 2.45) is 0 Å². The molecule has 9 heteroatoms. The summed E-state index contributed by atoms with van der Waals surface area (Å²) in [5.74, 6) is 3.12. The molecule has 2 aromatic heterocycles. The topological polar surface area (TPSA) is 75.0 Å². The zero-order valence-electron chi connectivity index (χ0n) is 14.5. The van der Waals surface area contributed by atoms with E-state index in [2.05, 4.69) is 31.3 Å². The van der Waals surface area contributed by atoms with Gasteiger partial charge in [-0.2, -0.15) is 0 Å². The second-order valence-electron chi connectivity index (χ2n) is 5.25. The van der Waals surface area contributed by atoms with E-state index in [1.807, 2.05) is 25.1 Å². The Bertz CT molecular complexity index is 840. The largest absolute Gasteiger partial charge is 0.497 e. The molecule has 3 rings (SSSR count). The van der Waals surface area contributed by atoms with Crippen molar-refractivity contribution >= 4 is 23.3 Å². The number of nitrogens with zero attached hydrogens (tertiary/aromatic N) is 5. The van der Waals surface area contributed by atoms with E-state index in [-0.39, 0.29) is 0 Å². The van der Waals surface area contributed by atoms with Crippen molar-refractivity contribution in [1.29, 1.82) is 0 Å². The molecule has 0 amide bonds. The summed E-state index contributed by atoms with van der Waals surface area (Å²) in [6.45, 7) is 4.79. The Morgan fingerprint density at radius 1 is 1.08 bits per heavy atom. The van der Waals surface area contributed by atoms with Gasteiger partial charge in [-0.3, -0.25) is 0 Å². The molecule has 0 radical (unpaired) electrons. The van der Waals surface area contributed by atoms with Crippen molar-refractivity contribution < 1.29 is 9.47 Å². The lowest BCUT2D eigenvalue weighted by atomic mass is 10.2. The van der Waals surface area contributed by atoms with Gasteiger partial charge in [-0.1, -0.05) is 16.3 Å². The van der Waals surface area contributed by atoms with E-state index in [0.717, 1.165) is 50.9 Å². The SMILES string of the molecule is CCn1c(SCc2cc(OC)cc(OC)c2)nnc1-c1snnc1C. The normalized spacial score (nSPS) is 10.9. The van der Waals surface area contributed by atoms with Crippen LogP contribution >= 0.6 is 23.3 Å². The zero-order valence-corrected chi connectivity index (χ0v) is 16.1. The lowest BCUT2D eigenvalue weighted by Gasteiger charge is -2.09. The molecule has 3 aromatic rings. The molecule has 0 atom stereocenters. The standard InChI is InChI=1S/C16H19N5O2S2/c1-5-21-15(14-10(2)17-20-25-14)18-19-16(21)24-9-11-6-12(22-3)8-13(7-11)23-4/h6-8H,5,9H2,1-4H3. The molecule has 0 bridgehead atoms. The second kappa shape index (κ2) is 7.83. The molecule has 0 aliphatic rings. The molecule has 0 spiro atoms. The molecule has 1 aromatic carbocycles. The van der Waals surface area contributed by atoms with Crippen molar-refractivity contribution in [3.63, 3.8) is 0 Å². The minimum absolute atomic E-state index is 0.742. The summed E-state index contributed by atoms with van der Waals surface area (Å²) in [6, 6.07) is 5.86. The van der Waals surface area contributed by atoms with Crippen LogP contribution in [0.25, 0.3) is 10.7 Å². The number of aromatic nitrogens is 5. The van der Waals surface area contributed by atoms with Crippen LogP contribution in [0.1, 0.15) is 18.2 Å². The number of methoxy groups -OCH3 is 2. The molecule has 0 fully saturated rings. The molecule has 132 valence electrons. The number of thioether (sulfide) groups is 1. The fourth-order valence-corrected chi connectivity index (χ4v) is 3.97. The van der Waals surface area contributed by atoms with E-state index in [9.17, 15) is 0 Å². The van der Waals surface area contributed by atoms with E-state index in [1.54, 1.807) is 26.0 Å². The minimum atomic E-state index is 0.742. The van der Waals surface area contributed by atoms with Gasteiger partial charge < -0.3 is 14.0 Å². The van der Waals surface area contributed by atoms with Crippen LogP contribution in [0, 0.1) is 6.92 Å². The van der Waals surface area contributed by atoms with Crippen LogP contribution in [-0.2, 0) is 12.3 Å². The van der Waals surface area contributed by atoms with Crippen LogP contribution in [0.2, 0.25) is 0 Å². The Labute approximate surface area is 154 Å². The quantitative estimate of drug-likeness (QED) is 0.584. The van der Waals surface area contributed by atoms with Gasteiger partial charge in [-0.05, 0) is 43.1 Å². The molecule has 0 aliphatic carbocycles. The first kappa shape index (κ1) is 17.7. The first-order chi connectivity index (χ1) is 12.2. The second-order valence-corrected chi connectivity index (χ2v) is 6.94. The first-order valence-corrected chi connectivity index (χ1v) is 9.49. The number of ether oxygens (including phenoxy) is 2. The molecular formula is C16H19N5O2S2. The summed E-state index contributed by atoms with van der Waals surface area (Å²) < 4.78 is 16.7. The van der Waals surface area contributed by atoms with Gasteiger partial charge in [0.05, 0.1) is 19.9 Å². The van der Waals surface area contributed by atoms with Gasteiger partial charge in [-0.15, -0.1) is 15.3 Å². The smallest absolute Gasteiger partial charge is 0.191 e. The third-order valence-electron chi connectivity index (χ3n) is 3.67. The molecule has 0 unspecified atom stereocenters. The van der Waals surface area contributed by atoms with Crippen molar-refractivity contribution in [3.05, 3.63) is 29.5 Å². The summed E-state index contributed by atoms with van der Waals surface area (Å²) in [7, 11) is 3.30. The Morgan fingerprint density at radius 3 is 2.36 bits per heavy atom. The fourth-order valence-electron chi connectivity index (χ4n) is 2.38. The van der Waals surface area contributed by atoms with E-state index in [1.165, 1.54) is 11.5 Å². The lowest BCUT2D eigenvalue weighted by molar-refractivity contribution is 0.393. The molecule has 2 heterocycles. The van der Waals surface area contributed by atoms with Crippen LogP contribution < -0.4 is 9.47 Å². The number of hydrogen-bond donors (Lipinski definition) is 0. The van der Waals surface area contributed by atoms with E-state index in [0.29, 0.717) is 0 Å². The summed E-state index contributed by atoms with van der Waals surface area (Å²) in [6.07, 6.45) is 0. The molecule has 25 heavy (non-hydrogen) atoms. The van der Waals surface area contributed by atoms with Gasteiger partial charge in [0.15, 0.2) is 11.0 Å². The number of aryl methyl sites for hydroxylation is 1. The maximum absolute atomic E-state index is 5.33. The summed E-state index contributed by atoms with van der Waals surface area (Å²) in [4.78, 5) is 0.962. The Hall–Kier alpha value is -2.13. The average molecular weight is 377 g/mol. The highest BCUT2D eigenvalue weighted by molar-refractivity contribution is 7.98. The molecule has 0 aliphatic heterocycles. The molecule has 0 N–H and O–H groups in total. The van der Waals surface area contributed by atoms with Gasteiger partial charge in [0.2, 0.25) is 0 Å². The third kappa shape index (κ3) is 3.77. The third-order valence-corrected chi connectivity index (χ3v) is 5.53. The van der Waals surface area contributed by atoms with E-state index >= 15 is 0 Å².